The number of benzene rings is 1. The monoisotopic (exact) mass is 310 g/mol. The molecule has 0 radical (unpaired) electrons. The molecule has 3 N–H and O–H groups in total. The summed E-state index contributed by atoms with van der Waals surface area (Å²) in [7, 11) is 0. The van der Waals surface area contributed by atoms with E-state index < -0.39 is 0 Å². The molecule has 1 amide bonds. The maximum atomic E-state index is 12.1. The molecule has 1 aromatic rings. The van der Waals surface area contributed by atoms with Crippen molar-refractivity contribution in [2.75, 3.05) is 6.54 Å². The van der Waals surface area contributed by atoms with Crippen LogP contribution in [0.4, 0.5) is 0 Å². The van der Waals surface area contributed by atoms with Crippen molar-refractivity contribution in [2.24, 2.45) is 5.73 Å². The summed E-state index contributed by atoms with van der Waals surface area (Å²) >= 11 is 0. The first-order valence-corrected chi connectivity index (χ1v) is 7.60. The molecule has 0 aliphatic heterocycles. The zero-order valence-corrected chi connectivity index (χ0v) is 13.9. The second-order valence-corrected chi connectivity index (χ2v) is 6.31. The Morgan fingerprint density at radius 2 is 1.90 bits per heavy atom. The summed E-state index contributed by atoms with van der Waals surface area (Å²) in [4.78, 5) is 12.1. The summed E-state index contributed by atoms with van der Waals surface area (Å²) in [5.74, 6) is 0.0779. The Balaban J connectivity index is 0.00000220. The third kappa shape index (κ3) is 5.33. The number of hydrogen-bond donors (Lipinski definition) is 2. The predicted molar refractivity (Wildman–Crippen MR) is 89.9 cm³/mol. The van der Waals surface area contributed by atoms with Crippen LogP contribution in [0.1, 0.15) is 48.8 Å². The normalized spacial score (nSPS) is 16.9. The van der Waals surface area contributed by atoms with Gasteiger partial charge in [0.1, 0.15) is 0 Å². The van der Waals surface area contributed by atoms with Crippen molar-refractivity contribution in [2.45, 2.75) is 57.9 Å². The maximum absolute atomic E-state index is 12.1. The molecule has 0 unspecified atom stereocenters. The number of carbonyl (C=O) groups is 1. The van der Waals surface area contributed by atoms with Crippen molar-refractivity contribution in [3.8, 4) is 0 Å². The molecular formula is C17H27ClN2O. The van der Waals surface area contributed by atoms with Gasteiger partial charge in [-0.25, -0.2) is 0 Å². The molecule has 1 aromatic carbocycles. The fourth-order valence-corrected chi connectivity index (χ4v) is 2.93. The van der Waals surface area contributed by atoms with Gasteiger partial charge in [-0.2, -0.15) is 0 Å². The average molecular weight is 311 g/mol. The zero-order chi connectivity index (χ0) is 14.6. The third-order valence-corrected chi connectivity index (χ3v) is 4.34. The molecule has 4 heteroatoms. The number of rotatable bonds is 4. The average Bonchev–Trinajstić information content (AvgIpc) is 2.42. The molecule has 1 aliphatic carbocycles. The van der Waals surface area contributed by atoms with Gasteiger partial charge in [0, 0.05) is 12.1 Å². The standard InChI is InChI=1S/C17H26N2O.ClH/c1-13-6-7-14(2)15(10-13)11-16(20)19-12-17(18)8-4-3-5-9-17;/h6-7,10H,3-5,8-9,11-12,18H2,1-2H3,(H,19,20);1H. The van der Waals surface area contributed by atoms with Crippen LogP contribution in [0.15, 0.2) is 18.2 Å². The van der Waals surface area contributed by atoms with E-state index in [1.165, 1.54) is 30.4 Å². The molecule has 0 spiro atoms. The summed E-state index contributed by atoms with van der Waals surface area (Å²) in [6, 6.07) is 6.24. The summed E-state index contributed by atoms with van der Waals surface area (Å²) in [6.45, 7) is 4.71. The van der Waals surface area contributed by atoms with Gasteiger partial charge < -0.3 is 11.1 Å². The molecule has 3 nitrogen and oxygen atoms in total. The molecule has 0 atom stereocenters. The van der Waals surface area contributed by atoms with E-state index in [2.05, 4.69) is 30.4 Å². The fraction of sp³-hybridized carbons (Fsp3) is 0.588. The molecule has 2 rings (SSSR count). The third-order valence-electron chi connectivity index (χ3n) is 4.34. The molecule has 118 valence electrons. The van der Waals surface area contributed by atoms with Crippen LogP contribution in [0.3, 0.4) is 0 Å². The molecule has 21 heavy (non-hydrogen) atoms. The highest BCUT2D eigenvalue weighted by Gasteiger charge is 2.27. The van der Waals surface area contributed by atoms with Crippen LogP contribution in [0.25, 0.3) is 0 Å². The first kappa shape index (κ1) is 18.0. The maximum Gasteiger partial charge on any atom is 0.224 e. The fourth-order valence-electron chi connectivity index (χ4n) is 2.93. The van der Waals surface area contributed by atoms with Gasteiger partial charge in [-0.15, -0.1) is 12.4 Å². The molecule has 0 bridgehead atoms. The number of nitrogens with two attached hydrogens (primary N) is 1. The number of carbonyl (C=O) groups excluding carboxylic acids is 1. The van der Waals surface area contributed by atoms with Crippen molar-refractivity contribution in [3.63, 3.8) is 0 Å². The number of aryl methyl sites for hydroxylation is 2. The lowest BCUT2D eigenvalue weighted by Gasteiger charge is -2.33. The molecule has 1 aliphatic rings. The van der Waals surface area contributed by atoms with Crippen LogP contribution >= 0.6 is 12.4 Å². The molecular weight excluding hydrogens is 284 g/mol. The highest BCUT2D eigenvalue weighted by atomic mass is 35.5. The Hall–Kier alpha value is -1.06. The highest BCUT2D eigenvalue weighted by molar-refractivity contribution is 5.85. The van der Waals surface area contributed by atoms with Crippen LogP contribution in [0.2, 0.25) is 0 Å². The van der Waals surface area contributed by atoms with E-state index in [9.17, 15) is 4.79 Å². The lowest BCUT2D eigenvalue weighted by atomic mass is 9.82. The molecule has 0 aromatic heterocycles. The van der Waals surface area contributed by atoms with Crippen LogP contribution in [-0.4, -0.2) is 18.0 Å². The van der Waals surface area contributed by atoms with E-state index >= 15 is 0 Å². The largest absolute Gasteiger partial charge is 0.354 e. The van der Waals surface area contributed by atoms with E-state index in [-0.39, 0.29) is 23.9 Å². The molecule has 1 fully saturated rings. The van der Waals surface area contributed by atoms with Crippen LogP contribution < -0.4 is 11.1 Å². The van der Waals surface area contributed by atoms with Gasteiger partial charge in [-0.1, -0.05) is 43.0 Å². The smallest absolute Gasteiger partial charge is 0.224 e. The summed E-state index contributed by atoms with van der Waals surface area (Å²) in [5.41, 5.74) is 9.63. The van der Waals surface area contributed by atoms with Crippen molar-refractivity contribution in [1.29, 1.82) is 0 Å². The van der Waals surface area contributed by atoms with Crippen molar-refractivity contribution >= 4 is 18.3 Å². The van der Waals surface area contributed by atoms with Gasteiger partial charge in [0.2, 0.25) is 5.91 Å². The lowest BCUT2D eigenvalue weighted by Crippen LogP contribution is -2.51. The summed E-state index contributed by atoms with van der Waals surface area (Å²) in [5, 5.41) is 3.02. The van der Waals surface area contributed by atoms with Crippen molar-refractivity contribution < 1.29 is 4.79 Å². The highest BCUT2D eigenvalue weighted by Crippen LogP contribution is 2.25. The minimum absolute atomic E-state index is 0. The number of amides is 1. The van der Waals surface area contributed by atoms with Crippen LogP contribution in [-0.2, 0) is 11.2 Å². The van der Waals surface area contributed by atoms with E-state index in [4.69, 9.17) is 5.73 Å². The minimum atomic E-state index is -0.185. The predicted octanol–water partition coefficient (Wildman–Crippen LogP) is 3.05. The first-order valence-electron chi connectivity index (χ1n) is 7.60. The number of nitrogens with one attached hydrogen (secondary N) is 1. The number of halogens is 1. The van der Waals surface area contributed by atoms with Gasteiger partial charge in [0.25, 0.3) is 0 Å². The van der Waals surface area contributed by atoms with E-state index in [0.29, 0.717) is 13.0 Å². The van der Waals surface area contributed by atoms with Gasteiger partial charge >= 0.3 is 0 Å². The zero-order valence-electron chi connectivity index (χ0n) is 13.1. The summed E-state index contributed by atoms with van der Waals surface area (Å²) in [6.07, 6.45) is 6.14. The SMILES string of the molecule is Cc1ccc(C)c(CC(=O)NCC2(N)CCCCC2)c1.Cl. The van der Waals surface area contributed by atoms with Crippen LogP contribution in [0.5, 0.6) is 0 Å². The molecule has 0 heterocycles. The van der Waals surface area contributed by atoms with Gasteiger partial charge in [-0.3, -0.25) is 4.79 Å². The molecule has 0 saturated heterocycles. The van der Waals surface area contributed by atoms with E-state index in [1.807, 2.05) is 6.92 Å². The van der Waals surface area contributed by atoms with Crippen molar-refractivity contribution in [3.05, 3.63) is 34.9 Å². The minimum Gasteiger partial charge on any atom is -0.354 e. The Labute approximate surface area is 134 Å². The second kappa shape index (κ2) is 7.81. The number of hydrogen-bond acceptors (Lipinski definition) is 2. The Morgan fingerprint density at radius 3 is 2.57 bits per heavy atom. The quantitative estimate of drug-likeness (QED) is 0.898. The molecule has 1 saturated carbocycles. The van der Waals surface area contributed by atoms with Crippen molar-refractivity contribution in [1.82, 2.24) is 5.32 Å². The lowest BCUT2D eigenvalue weighted by molar-refractivity contribution is -0.120. The topological polar surface area (TPSA) is 55.1 Å². The van der Waals surface area contributed by atoms with Gasteiger partial charge in [-0.05, 0) is 37.8 Å². The van der Waals surface area contributed by atoms with E-state index in [1.54, 1.807) is 0 Å². The Kier molecular flexibility index (Phi) is 6.69. The van der Waals surface area contributed by atoms with E-state index in [0.717, 1.165) is 18.4 Å². The van der Waals surface area contributed by atoms with Crippen LogP contribution in [0, 0.1) is 13.8 Å². The Morgan fingerprint density at radius 1 is 1.24 bits per heavy atom. The van der Waals surface area contributed by atoms with Gasteiger partial charge in [0.05, 0.1) is 6.42 Å². The van der Waals surface area contributed by atoms with Gasteiger partial charge in [0.15, 0.2) is 0 Å². The first-order chi connectivity index (χ1) is 9.48. The second-order valence-electron chi connectivity index (χ2n) is 6.31. The Bertz CT molecular complexity index is 482. The summed E-state index contributed by atoms with van der Waals surface area (Å²) < 4.78 is 0.